The highest BCUT2D eigenvalue weighted by atomic mass is 32.2. The Morgan fingerprint density at radius 1 is 1.03 bits per heavy atom. The van der Waals surface area contributed by atoms with E-state index >= 15 is 0 Å². The Balaban J connectivity index is 1.58. The number of nitrogens with one attached hydrogen (secondary N) is 1. The first-order valence-corrected chi connectivity index (χ1v) is 12.0. The van der Waals surface area contributed by atoms with Gasteiger partial charge in [-0.15, -0.1) is 0 Å². The normalized spacial score (nSPS) is 14.4. The van der Waals surface area contributed by atoms with Crippen LogP contribution in [0.1, 0.15) is 18.1 Å². The van der Waals surface area contributed by atoms with E-state index in [0.29, 0.717) is 12.2 Å². The molecule has 1 amide bonds. The molecule has 8 heteroatoms. The number of amides is 1. The van der Waals surface area contributed by atoms with Gasteiger partial charge < -0.3 is 15.0 Å². The van der Waals surface area contributed by atoms with Crippen LogP contribution in [0, 0.1) is 0 Å². The second-order valence-electron chi connectivity index (χ2n) is 7.33. The second-order valence-corrected chi connectivity index (χ2v) is 9.24. The predicted molar refractivity (Wildman–Crippen MR) is 119 cm³/mol. The van der Waals surface area contributed by atoms with Gasteiger partial charge in [-0.1, -0.05) is 31.2 Å². The third kappa shape index (κ3) is 5.96. The number of benzene rings is 2. The first-order chi connectivity index (χ1) is 14.4. The average Bonchev–Trinajstić information content (AvgIpc) is 2.76. The monoisotopic (exact) mass is 431 g/mol. The van der Waals surface area contributed by atoms with E-state index in [-0.39, 0.29) is 12.5 Å². The van der Waals surface area contributed by atoms with E-state index in [0.717, 1.165) is 60.1 Å². The fourth-order valence-electron chi connectivity index (χ4n) is 3.33. The molecule has 0 spiro atoms. The molecule has 0 aromatic heterocycles. The summed E-state index contributed by atoms with van der Waals surface area (Å²) in [5.74, 6) is -0.350. The van der Waals surface area contributed by atoms with Crippen LogP contribution >= 0.6 is 0 Å². The van der Waals surface area contributed by atoms with Crippen molar-refractivity contribution in [3.63, 3.8) is 0 Å². The van der Waals surface area contributed by atoms with Gasteiger partial charge in [-0.2, -0.15) is 0 Å². The lowest BCUT2D eigenvalue weighted by Gasteiger charge is -2.29. The van der Waals surface area contributed by atoms with Crippen LogP contribution in [0.2, 0.25) is 0 Å². The van der Waals surface area contributed by atoms with Crippen LogP contribution in [0.4, 0.5) is 11.4 Å². The van der Waals surface area contributed by atoms with Gasteiger partial charge in [-0.25, -0.2) is 8.42 Å². The number of carbonyl (C=O) groups is 1. The molecule has 1 N–H and O–H groups in total. The minimum Gasteiger partial charge on any atom is -0.378 e. The summed E-state index contributed by atoms with van der Waals surface area (Å²) in [5, 5.41) is 2.81. The zero-order valence-electron chi connectivity index (χ0n) is 17.5. The zero-order valence-corrected chi connectivity index (χ0v) is 18.3. The Hall–Kier alpha value is -2.58. The largest absolute Gasteiger partial charge is 0.378 e. The highest BCUT2D eigenvalue weighted by molar-refractivity contribution is 7.92. The van der Waals surface area contributed by atoms with Gasteiger partial charge in [0.1, 0.15) is 6.54 Å². The first-order valence-electron chi connectivity index (χ1n) is 10.1. The van der Waals surface area contributed by atoms with Crippen molar-refractivity contribution in [3.05, 3.63) is 59.7 Å². The van der Waals surface area contributed by atoms with Crippen molar-refractivity contribution in [2.75, 3.05) is 48.3 Å². The lowest BCUT2D eigenvalue weighted by atomic mass is 10.1. The van der Waals surface area contributed by atoms with E-state index in [4.69, 9.17) is 4.74 Å². The van der Waals surface area contributed by atoms with Crippen LogP contribution in [-0.2, 0) is 32.5 Å². The molecule has 0 unspecified atom stereocenters. The van der Waals surface area contributed by atoms with Gasteiger partial charge in [0.15, 0.2) is 0 Å². The summed E-state index contributed by atoms with van der Waals surface area (Å²) in [5.41, 5.74) is 3.68. The average molecular weight is 432 g/mol. The predicted octanol–water partition coefficient (Wildman–Crippen LogP) is 2.17. The smallest absolute Gasteiger partial charge is 0.241 e. The number of anilines is 2. The number of sulfonamides is 1. The van der Waals surface area contributed by atoms with Crippen LogP contribution < -0.4 is 14.5 Å². The topological polar surface area (TPSA) is 79.0 Å². The molecule has 1 aliphatic rings. The summed E-state index contributed by atoms with van der Waals surface area (Å²) in [7, 11) is -3.58. The lowest BCUT2D eigenvalue weighted by molar-refractivity contribution is -0.119. The first kappa shape index (κ1) is 22.1. The van der Waals surface area contributed by atoms with E-state index in [9.17, 15) is 13.2 Å². The maximum absolute atomic E-state index is 12.4. The number of nitrogens with zero attached hydrogens (tertiary/aromatic N) is 2. The number of morpholine rings is 1. The Labute approximate surface area is 178 Å². The summed E-state index contributed by atoms with van der Waals surface area (Å²) in [4.78, 5) is 14.7. The van der Waals surface area contributed by atoms with Gasteiger partial charge in [0.05, 0.1) is 25.2 Å². The number of hydrogen-bond acceptors (Lipinski definition) is 5. The molecule has 0 aliphatic carbocycles. The summed E-state index contributed by atoms with van der Waals surface area (Å²) in [6.07, 6.45) is 1.97. The Morgan fingerprint density at radius 3 is 2.20 bits per heavy atom. The van der Waals surface area contributed by atoms with Crippen LogP contribution in [0.15, 0.2) is 48.5 Å². The van der Waals surface area contributed by atoms with Crippen molar-refractivity contribution in [1.29, 1.82) is 0 Å². The van der Waals surface area contributed by atoms with E-state index in [1.807, 2.05) is 43.3 Å². The Morgan fingerprint density at radius 2 is 1.63 bits per heavy atom. The number of hydrogen-bond donors (Lipinski definition) is 1. The molecule has 1 saturated heterocycles. The molecule has 3 rings (SSSR count). The van der Waals surface area contributed by atoms with Crippen molar-refractivity contribution < 1.29 is 17.9 Å². The molecule has 7 nitrogen and oxygen atoms in total. The summed E-state index contributed by atoms with van der Waals surface area (Å²) in [6.45, 7) is 5.33. The third-order valence-corrected chi connectivity index (χ3v) is 6.26. The summed E-state index contributed by atoms with van der Waals surface area (Å²) < 4.78 is 30.9. The van der Waals surface area contributed by atoms with Gasteiger partial charge in [-0.3, -0.25) is 9.10 Å². The van der Waals surface area contributed by atoms with Gasteiger partial charge in [-0.05, 0) is 41.8 Å². The molecule has 0 atom stereocenters. The highest BCUT2D eigenvalue weighted by Gasteiger charge is 2.20. The molecule has 0 radical (unpaired) electrons. The lowest BCUT2D eigenvalue weighted by Crippen LogP contribution is -2.40. The van der Waals surface area contributed by atoms with Gasteiger partial charge >= 0.3 is 0 Å². The second kappa shape index (κ2) is 9.95. The molecule has 162 valence electrons. The number of rotatable bonds is 8. The van der Waals surface area contributed by atoms with Crippen molar-refractivity contribution in [2.45, 2.75) is 19.9 Å². The Bertz CT molecular complexity index is 937. The standard InChI is InChI=1S/C22H29N3O4S/c1-3-18-4-10-21(11-5-18)25(30(2,27)28)17-22(26)23-16-19-6-8-20(9-7-19)24-12-14-29-15-13-24/h4-11H,3,12-17H2,1-2H3,(H,23,26). The van der Waals surface area contributed by atoms with Crippen LogP contribution in [0.5, 0.6) is 0 Å². The van der Waals surface area contributed by atoms with E-state index in [1.54, 1.807) is 12.1 Å². The molecule has 0 bridgehead atoms. The molecule has 1 heterocycles. The van der Waals surface area contributed by atoms with E-state index < -0.39 is 10.0 Å². The number of carbonyl (C=O) groups excluding carboxylic acids is 1. The van der Waals surface area contributed by atoms with Crippen molar-refractivity contribution in [2.24, 2.45) is 0 Å². The molecular weight excluding hydrogens is 402 g/mol. The van der Waals surface area contributed by atoms with Crippen molar-refractivity contribution in [1.82, 2.24) is 5.32 Å². The van der Waals surface area contributed by atoms with Crippen LogP contribution in [0.3, 0.4) is 0 Å². The van der Waals surface area contributed by atoms with Gasteiger partial charge in [0.2, 0.25) is 15.9 Å². The van der Waals surface area contributed by atoms with Gasteiger partial charge in [0.25, 0.3) is 0 Å². The quantitative estimate of drug-likeness (QED) is 0.693. The summed E-state index contributed by atoms with van der Waals surface area (Å²) >= 11 is 0. The molecular formula is C22H29N3O4S. The maximum atomic E-state index is 12.4. The molecule has 2 aromatic carbocycles. The molecule has 30 heavy (non-hydrogen) atoms. The molecule has 1 fully saturated rings. The third-order valence-electron chi connectivity index (χ3n) is 5.12. The SMILES string of the molecule is CCc1ccc(N(CC(=O)NCc2ccc(N3CCOCC3)cc2)S(C)(=O)=O)cc1. The highest BCUT2D eigenvalue weighted by Crippen LogP contribution is 2.19. The Kier molecular flexibility index (Phi) is 7.33. The van der Waals surface area contributed by atoms with Crippen LogP contribution in [0.25, 0.3) is 0 Å². The number of ether oxygens (including phenoxy) is 1. The molecule has 2 aromatic rings. The molecule has 0 saturated carbocycles. The van der Waals surface area contributed by atoms with E-state index in [2.05, 4.69) is 10.2 Å². The van der Waals surface area contributed by atoms with Gasteiger partial charge in [0, 0.05) is 25.3 Å². The minimum atomic E-state index is -3.58. The molecule has 1 aliphatic heterocycles. The van der Waals surface area contributed by atoms with Crippen molar-refractivity contribution >= 4 is 27.3 Å². The van der Waals surface area contributed by atoms with Crippen molar-refractivity contribution in [3.8, 4) is 0 Å². The number of aryl methyl sites for hydroxylation is 1. The van der Waals surface area contributed by atoms with E-state index in [1.165, 1.54) is 0 Å². The van der Waals surface area contributed by atoms with Crippen LogP contribution in [-0.4, -0.2) is 53.4 Å². The fraction of sp³-hybridized carbons (Fsp3) is 0.409. The maximum Gasteiger partial charge on any atom is 0.241 e. The minimum absolute atomic E-state index is 0.254. The zero-order chi connectivity index (χ0) is 21.6. The fourth-order valence-corrected chi connectivity index (χ4v) is 4.19. The summed E-state index contributed by atoms with van der Waals surface area (Å²) in [6, 6.07) is 15.2.